The van der Waals surface area contributed by atoms with Gasteiger partial charge in [0.1, 0.15) is 5.75 Å². The van der Waals surface area contributed by atoms with Crippen LogP contribution in [0.15, 0.2) is 0 Å². The molecule has 0 saturated heterocycles. The minimum absolute atomic E-state index is 0.169. The molecular formula is C9H18N2O3S. The summed E-state index contributed by atoms with van der Waals surface area (Å²) in [5.41, 5.74) is 4.81. The zero-order valence-corrected chi connectivity index (χ0v) is 9.93. The average Bonchev–Trinajstić information content (AvgIpc) is 2.61. The van der Waals surface area contributed by atoms with Gasteiger partial charge in [0.2, 0.25) is 5.91 Å². The van der Waals surface area contributed by atoms with Gasteiger partial charge in [-0.25, -0.2) is 8.42 Å². The van der Waals surface area contributed by atoms with Crippen molar-refractivity contribution in [2.75, 3.05) is 11.5 Å². The number of sulfone groups is 1. The molecule has 0 spiro atoms. The summed E-state index contributed by atoms with van der Waals surface area (Å²) in [6.45, 7) is 3.26. The Bertz CT molecular complexity index is 339. The van der Waals surface area contributed by atoms with Crippen LogP contribution in [0.4, 0.5) is 0 Å². The van der Waals surface area contributed by atoms with E-state index in [1.54, 1.807) is 13.8 Å². The van der Waals surface area contributed by atoms with Crippen molar-refractivity contribution in [2.45, 2.75) is 38.3 Å². The van der Waals surface area contributed by atoms with Gasteiger partial charge < -0.3 is 11.1 Å². The number of hydrogen-bond donors (Lipinski definition) is 2. The second-order valence-corrected chi connectivity index (χ2v) is 6.93. The molecule has 1 aliphatic carbocycles. The quantitative estimate of drug-likeness (QED) is 0.666. The third-order valence-corrected chi connectivity index (χ3v) is 3.77. The first kappa shape index (κ1) is 12.4. The van der Waals surface area contributed by atoms with Gasteiger partial charge in [0.25, 0.3) is 0 Å². The van der Waals surface area contributed by atoms with Crippen molar-refractivity contribution in [1.82, 2.24) is 5.32 Å². The molecule has 0 radical (unpaired) electrons. The van der Waals surface area contributed by atoms with Crippen LogP contribution in [-0.4, -0.2) is 37.4 Å². The lowest BCUT2D eigenvalue weighted by molar-refractivity contribution is -0.118. The van der Waals surface area contributed by atoms with Gasteiger partial charge in [0.05, 0.1) is 5.75 Å². The van der Waals surface area contributed by atoms with Crippen molar-refractivity contribution < 1.29 is 13.2 Å². The molecule has 6 heteroatoms. The topological polar surface area (TPSA) is 89.3 Å². The van der Waals surface area contributed by atoms with Gasteiger partial charge in [-0.3, -0.25) is 4.79 Å². The molecule has 0 heterocycles. The highest BCUT2D eigenvalue weighted by Gasteiger charge is 2.28. The lowest BCUT2D eigenvalue weighted by Crippen LogP contribution is -2.43. The van der Waals surface area contributed by atoms with E-state index in [9.17, 15) is 13.2 Å². The van der Waals surface area contributed by atoms with Gasteiger partial charge in [0, 0.05) is 11.6 Å². The first-order valence-corrected chi connectivity index (χ1v) is 6.79. The van der Waals surface area contributed by atoms with Crippen LogP contribution < -0.4 is 11.1 Å². The molecule has 5 nitrogen and oxygen atoms in total. The van der Waals surface area contributed by atoms with Crippen molar-refractivity contribution in [2.24, 2.45) is 5.73 Å². The SMILES string of the molecule is CC(C)(N)CS(=O)(=O)CC(=O)NC1CC1. The average molecular weight is 234 g/mol. The zero-order chi connectivity index (χ0) is 11.7. The maximum atomic E-state index is 11.5. The molecule has 0 aromatic carbocycles. The summed E-state index contributed by atoms with van der Waals surface area (Å²) in [4.78, 5) is 11.3. The van der Waals surface area contributed by atoms with E-state index in [1.165, 1.54) is 0 Å². The maximum Gasteiger partial charge on any atom is 0.235 e. The number of hydrogen-bond acceptors (Lipinski definition) is 4. The molecule has 1 fully saturated rings. The van der Waals surface area contributed by atoms with Crippen LogP contribution in [0.1, 0.15) is 26.7 Å². The summed E-state index contributed by atoms with van der Waals surface area (Å²) in [5.74, 6) is -1.04. The van der Waals surface area contributed by atoms with Gasteiger partial charge in [-0.15, -0.1) is 0 Å². The van der Waals surface area contributed by atoms with Gasteiger partial charge in [-0.1, -0.05) is 0 Å². The summed E-state index contributed by atoms with van der Waals surface area (Å²) in [5, 5.41) is 2.64. The third-order valence-electron chi connectivity index (χ3n) is 1.89. The summed E-state index contributed by atoms with van der Waals surface area (Å²) in [6.07, 6.45) is 1.91. The van der Waals surface area contributed by atoms with E-state index < -0.39 is 27.0 Å². The predicted octanol–water partition coefficient (Wildman–Crippen LogP) is -0.583. The highest BCUT2D eigenvalue weighted by atomic mass is 32.2. The highest BCUT2D eigenvalue weighted by Crippen LogP contribution is 2.18. The summed E-state index contributed by atoms with van der Waals surface area (Å²) < 4.78 is 23.0. The molecule has 15 heavy (non-hydrogen) atoms. The van der Waals surface area contributed by atoms with Crippen LogP contribution in [0.25, 0.3) is 0 Å². The fraction of sp³-hybridized carbons (Fsp3) is 0.889. The van der Waals surface area contributed by atoms with E-state index in [2.05, 4.69) is 5.32 Å². The summed E-state index contributed by atoms with van der Waals surface area (Å²) >= 11 is 0. The second kappa shape index (κ2) is 4.09. The zero-order valence-electron chi connectivity index (χ0n) is 9.12. The summed E-state index contributed by atoms with van der Waals surface area (Å²) in [6, 6.07) is 0.193. The molecule has 1 rings (SSSR count). The molecule has 0 aliphatic heterocycles. The first-order valence-electron chi connectivity index (χ1n) is 4.97. The van der Waals surface area contributed by atoms with E-state index >= 15 is 0 Å². The molecule has 0 bridgehead atoms. The smallest absolute Gasteiger partial charge is 0.235 e. The van der Waals surface area contributed by atoms with Crippen LogP contribution in [0.2, 0.25) is 0 Å². The number of carbonyl (C=O) groups excluding carboxylic acids is 1. The van der Waals surface area contributed by atoms with E-state index in [0.29, 0.717) is 0 Å². The van der Waals surface area contributed by atoms with E-state index in [-0.39, 0.29) is 11.8 Å². The Labute approximate surface area is 90.3 Å². The predicted molar refractivity (Wildman–Crippen MR) is 58.1 cm³/mol. The van der Waals surface area contributed by atoms with E-state index in [0.717, 1.165) is 12.8 Å². The Morgan fingerprint density at radius 2 is 2.00 bits per heavy atom. The molecule has 0 aromatic rings. The summed E-state index contributed by atoms with van der Waals surface area (Å²) in [7, 11) is -3.39. The molecule has 0 unspecified atom stereocenters. The molecule has 0 aromatic heterocycles. The molecule has 88 valence electrons. The minimum Gasteiger partial charge on any atom is -0.352 e. The van der Waals surface area contributed by atoms with Crippen molar-refractivity contribution in [3.05, 3.63) is 0 Å². The van der Waals surface area contributed by atoms with Gasteiger partial charge in [0.15, 0.2) is 9.84 Å². The molecule has 3 N–H and O–H groups in total. The van der Waals surface area contributed by atoms with Gasteiger partial charge >= 0.3 is 0 Å². The normalized spacial score (nSPS) is 17.5. The van der Waals surface area contributed by atoms with Crippen LogP contribution >= 0.6 is 0 Å². The van der Waals surface area contributed by atoms with Gasteiger partial charge in [-0.05, 0) is 26.7 Å². The number of carbonyl (C=O) groups is 1. The molecule has 0 atom stereocenters. The van der Waals surface area contributed by atoms with Crippen molar-refractivity contribution in [3.63, 3.8) is 0 Å². The van der Waals surface area contributed by atoms with Crippen molar-refractivity contribution in [1.29, 1.82) is 0 Å². The largest absolute Gasteiger partial charge is 0.352 e. The van der Waals surface area contributed by atoms with Crippen molar-refractivity contribution >= 4 is 15.7 Å². The van der Waals surface area contributed by atoms with Crippen LogP contribution in [0, 0.1) is 0 Å². The Morgan fingerprint density at radius 3 is 2.40 bits per heavy atom. The number of nitrogens with one attached hydrogen (secondary N) is 1. The maximum absolute atomic E-state index is 11.5. The van der Waals surface area contributed by atoms with Crippen LogP contribution in [0.5, 0.6) is 0 Å². The van der Waals surface area contributed by atoms with E-state index in [1.807, 2.05) is 0 Å². The fourth-order valence-electron chi connectivity index (χ4n) is 1.31. The number of rotatable bonds is 5. The number of amides is 1. The Kier molecular flexibility index (Phi) is 3.40. The Morgan fingerprint density at radius 1 is 1.47 bits per heavy atom. The van der Waals surface area contributed by atoms with E-state index in [4.69, 9.17) is 5.73 Å². The first-order chi connectivity index (χ1) is 6.68. The Balaban J connectivity index is 2.44. The lowest BCUT2D eigenvalue weighted by atomic mass is 10.1. The minimum atomic E-state index is -3.39. The fourth-order valence-corrected chi connectivity index (χ4v) is 3.03. The molecule has 1 saturated carbocycles. The highest BCUT2D eigenvalue weighted by molar-refractivity contribution is 7.92. The number of nitrogens with two attached hydrogens (primary N) is 1. The standard InChI is InChI=1S/C9H18N2O3S/c1-9(2,10)6-15(13,14)5-8(12)11-7-3-4-7/h7H,3-6,10H2,1-2H3,(H,11,12). The Hall–Kier alpha value is -0.620. The second-order valence-electron chi connectivity index (χ2n) is 4.86. The van der Waals surface area contributed by atoms with Crippen LogP contribution in [-0.2, 0) is 14.6 Å². The monoisotopic (exact) mass is 234 g/mol. The molecule has 1 aliphatic rings. The lowest BCUT2D eigenvalue weighted by Gasteiger charge is -2.17. The van der Waals surface area contributed by atoms with Crippen molar-refractivity contribution in [3.8, 4) is 0 Å². The third kappa shape index (κ3) is 5.74. The molecular weight excluding hydrogens is 216 g/mol. The van der Waals surface area contributed by atoms with Crippen LogP contribution in [0.3, 0.4) is 0 Å². The van der Waals surface area contributed by atoms with Gasteiger partial charge in [-0.2, -0.15) is 0 Å². The molecule has 1 amide bonds.